The van der Waals surface area contributed by atoms with Crippen molar-refractivity contribution in [3.8, 4) is 5.75 Å². The van der Waals surface area contributed by atoms with E-state index in [2.05, 4.69) is 21.8 Å². The van der Waals surface area contributed by atoms with Crippen LogP contribution >= 0.6 is 11.6 Å². The second-order valence-electron chi connectivity index (χ2n) is 4.51. The van der Waals surface area contributed by atoms with Crippen LogP contribution in [0.1, 0.15) is 12.6 Å². The zero-order valence-corrected chi connectivity index (χ0v) is 10.7. The number of ether oxygens (including phenoxy) is 2. The lowest BCUT2D eigenvalue weighted by atomic mass is 10.1. The van der Waals surface area contributed by atoms with Crippen LogP contribution in [0.25, 0.3) is 0 Å². The number of hydrogen-bond acceptors (Lipinski definition) is 6. The summed E-state index contributed by atoms with van der Waals surface area (Å²) in [6.45, 7) is 3.62. The van der Waals surface area contributed by atoms with Crippen LogP contribution in [-0.4, -0.2) is 47.0 Å². The number of halogens is 1. The lowest BCUT2D eigenvalue weighted by Crippen LogP contribution is -2.56. The molecule has 2 atom stereocenters. The van der Waals surface area contributed by atoms with Gasteiger partial charge in [0.25, 0.3) is 0 Å². The highest BCUT2D eigenvalue weighted by Gasteiger charge is 2.37. The Labute approximate surface area is 109 Å². The highest BCUT2D eigenvalue weighted by atomic mass is 35.5. The molecule has 2 unspecified atom stereocenters. The number of morpholine rings is 1. The number of fused-ring (bicyclic) bond motifs is 3. The van der Waals surface area contributed by atoms with E-state index in [1.807, 2.05) is 0 Å². The Kier molecular flexibility index (Phi) is 3.01. The van der Waals surface area contributed by atoms with Crippen molar-refractivity contribution in [2.75, 3.05) is 24.7 Å². The highest BCUT2D eigenvalue weighted by Crippen LogP contribution is 2.37. The predicted molar refractivity (Wildman–Crippen MR) is 65.0 cm³/mol. The van der Waals surface area contributed by atoms with Gasteiger partial charge in [-0.25, -0.2) is 4.98 Å². The van der Waals surface area contributed by atoms with Gasteiger partial charge in [-0.2, -0.15) is 4.98 Å². The Morgan fingerprint density at radius 2 is 2.22 bits per heavy atom. The summed E-state index contributed by atoms with van der Waals surface area (Å²) >= 11 is 5.89. The van der Waals surface area contributed by atoms with Crippen LogP contribution in [0.5, 0.6) is 5.75 Å². The Balaban J connectivity index is 2.09. The fourth-order valence-electron chi connectivity index (χ4n) is 2.47. The van der Waals surface area contributed by atoms with Crippen LogP contribution in [-0.2, 0) is 11.3 Å². The molecule has 2 aliphatic heterocycles. The van der Waals surface area contributed by atoms with E-state index in [4.69, 9.17) is 21.1 Å². The zero-order chi connectivity index (χ0) is 12.7. The van der Waals surface area contributed by atoms with Crippen molar-refractivity contribution in [2.24, 2.45) is 0 Å². The Bertz CT molecular complexity index is 471. The van der Waals surface area contributed by atoms with Crippen molar-refractivity contribution in [3.63, 3.8) is 0 Å². The van der Waals surface area contributed by atoms with Gasteiger partial charge in [0, 0.05) is 0 Å². The molecule has 18 heavy (non-hydrogen) atoms. The van der Waals surface area contributed by atoms with Crippen molar-refractivity contribution >= 4 is 17.4 Å². The summed E-state index contributed by atoms with van der Waals surface area (Å²) in [4.78, 5) is 10.4. The Morgan fingerprint density at radius 1 is 1.39 bits per heavy atom. The number of anilines is 1. The first kappa shape index (κ1) is 12.0. The molecule has 0 bridgehead atoms. The molecule has 0 aliphatic carbocycles. The molecule has 1 saturated heterocycles. The van der Waals surface area contributed by atoms with E-state index in [9.17, 15) is 5.11 Å². The van der Waals surface area contributed by atoms with E-state index in [1.54, 1.807) is 0 Å². The molecule has 1 aromatic rings. The minimum absolute atomic E-state index is 0.126. The number of nitrogens with zero attached hydrogens (tertiary/aromatic N) is 3. The summed E-state index contributed by atoms with van der Waals surface area (Å²) in [6.07, 6.45) is 0. The predicted octanol–water partition coefficient (Wildman–Crippen LogP) is 0.608. The minimum Gasteiger partial charge on any atom is -0.486 e. The molecular weight excluding hydrogens is 258 g/mol. The summed E-state index contributed by atoms with van der Waals surface area (Å²) in [7, 11) is 0. The fourth-order valence-corrected chi connectivity index (χ4v) is 2.65. The van der Waals surface area contributed by atoms with E-state index >= 15 is 0 Å². The SMILES string of the molecule is CC1COCC2COc3c(CO)nc(Cl)nc3N12. The number of hydrogen-bond donors (Lipinski definition) is 1. The van der Waals surface area contributed by atoms with Crippen LogP contribution in [0, 0.1) is 0 Å². The number of rotatable bonds is 1. The van der Waals surface area contributed by atoms with E-state index in [1.165, 1.54) is 0 Å². The molecule has 6 nitrogen and oxygen atoms in total. The summed E-state index contributed by atoms with van der Waals surface area (Å²) in [5, 5.41) is 9.43. The van der Waals surface area contributed by atoms with Gasteiger partial charge in [0.1, 0.15) is 12.3 Å². The molecule has 0 aromatic carbocycles. The molecule has 0 spiro atoms. The lowest BCUT2D eigenvalue weighted by Gasteiger charge is -2.44. The fraction of sp³-hybridized carbons (Fsp3) is 0.636. The zero-order valence-electron chi connectivity index (χ0n) is 9.97. The highest BCUT2D eigenvalue weighted by molar-refractivity contribution is 6.28. The normalized spacial score (nSPS) is 26.3. The van der Waals surface area contributed by atoms with E-state index in [0.29, 0.717) is 37.1 Å². The molecule has 0 amide bonds. The van der Waals surface area contributed by atoms with Crippen LogP contribution < -0.4 is 9.64 Å². The largest absolute Gasteiger partial charge is 0.486 e. The topological polar surface area (TPSA) is 67.7 Å². The van der Waals surface area contributed by atoms with Gasteiger partial charge in [0.15, 0.2) is 11.6 Å². The molecule has 1 aromatic heterocycles. The Hall–Kier alpha value is -1.11. The van der Waals surface area contributed by atoms with Crippen molar-refractivity contribution in [2.45, 2.75) is 25.6 Å². The van der Waals surface area contributed by atoms with Gasteiger partial charge in [0.05, 0.1) is 31.9 Å². The van der Waals surface area contributed by atoms with Gasteiger partial charge in [-0.05, 0) is 18.5 Å². The summed E-state index contributed by atoms with van der Waals surface area (Å²) in [6, 6.07) is 0.336. The molecule has 7 heteroatoms. The van der Waals surface area contributed by atoms with Crippen molar-refractivity contribution in [3.05, 3.63) is 11.0 Å². The summed E-state index contributed by atoms with van der Waals surface area (Å²) in [5.41, 5.74) is 0.433. The quantitative estimate of drug-likeness (QED) is 0.755. The smallest absolute Gasteiger partial charge is 0.224 e. The Morgan fingerprint density at radius 3 is 3.00 bits per heavy atom. The first-order valence-electron chi connectivity index (χ1n) is 5.87. The first-order valence-corrected chi connectivity index (χ1v) is 6.24. The van der Waals surface area contributed by atoms with Gasteiger partial charge in [-0.15, -0.1) is 0 Å². The van der Waals surface area contributed by atoms with Gasteiger partial charge >= 0.3 is 0 Å². The average molecular weight is 272 g/mol. The summed E-state index contributed by atoms with van der Waals surface area (Å²) in [5.74, 6) is 1.19. The van der Waals surface area contributed by atoms with E-state index in [-0.39, 0.29) is 24.0 Å². The summed E-state index contributed by atoms with van der Waals surface area (Å²) < 4.78 is 11.2. The van der Waals surface area contributed by atoms with Crippen LogP contribution in [0.2, 0.25) is 5.28 Å². The monoisotopic (exact) mass is 271 g/mol. The molecular formula is C11H14ClN3O3. The number of aromatic nitrogens is 2. The molecule has 0 saturated carbocycles. The van der Waals surface area contributed by atoms with E-state index in [0.717, 1.165) is 0 Å². The minimum atomic E-state index is -0.214. The van der Waals surface area contributed by atoms with Crippen LogP contribution in [0.3, 0.4) is 0 Å². The maximum atomic E-state index is 9.31. The number of aliphatic hydroxyl groups excluding tert-OH is 1. The van der Waals surface area contributed by atoms with Crippen LogP contribution in [0.15, 0.2) is 0 Å². The molecule has 3 heterocycles. The average Bonchev–Trinajstić information content (AvgIpc) is 2.37. The molecule has 3 rings (SSSR count). The third-order valence-corrected chi connectivity index (χ3v) is 3.41. The molecule has 1 N–H and O–H groups in total. The molecule has 1 fully saturated rings. The molecule has 0 radical (unpaired) electrons. The van der Waals surface area contributed by atoms with Crippen molar-refractivity contribution < 1.29 is 14.6 Å². The third-order valence-electron chi connectivity index (χ3n) is 3.24. The third kappa shape index (κ3) is 1.81. The number of aliphatic hydroxyl groups is 1. The van der Waals surface area contributed by atoms with Crippen molar-refractivity contribution in [1.82, 2.24) is 9.97 Å². The first-order chi connectivity index (χ1) is 8.70. The van der Waals surface area contributed by atoms with Gasteiger partial charge in [0.2, 0.25) is 5.28 Å². The molecule has 98 valence electrons. The second-order valence-corrected chi connectivity index (χ2v) is 4.85. The standard InChI is InChI=1S/C11H14ClN3O3/c1-6-3-17-4-7-5-18-9-8(2-16)13-11(12)14-10(9)15(6)7/h6-7,16H,2-5H2,1H3. The maximum absolute atomic E-state index is 9.31. The molecule has 2 aliphatic rings. The lowest BCUT2D eigenvalue weighted by molar-refractivity contribution is 0.0480. The van der Waals surface area contributed by atoms with Gasteiger partial charge in [-0.1, -0.05) is 0 Å². The van der Waals surface area contributed by atoms with Gasteiger partial charge in [-0.3, -0.25) is 0 Å². The van der Waals surface area contributed by atoms with Crippen molar-refractivity contribution in [1.29, 1.82) is 0 Å². The van der Waals surface area contributed by atoms with E-state index < -0.39 is 0 Å². The second kappa shape index (κ2) is 4.53. The maximum Gasteiger partial charge on any atom is 0.224 e. The van der Waals surface area contributed by atoms with Crippen LogP contribution in [0.4, 0.5) is 5.82 Å². The van der Waals surface area contributed by atoms with Gasteiger partial charge < -0.3 is 19.5 Å².